The Kier molecular flexibility index (Phi) is 6.68. The minimum atomic E-state index is -0.403. The van der Waals surface area contributed by atoms with Crippen molar-refractivity contribution in [1.82, 2.24) is 0 Å². The number of nitrogens with zero attached hydrogens (tertiary/aromatic N) is 2. The number of amides is 2. The van der Waals surface area contributed by atoms with Gasteiger partial charge in [0.2, 0.25) is 0 Å². The zero-order chi connectivity index (χ0) is 23.4. The fraction of sp³-hybridized carbons (Fsp3) is 0.0800. The Balaban J connectivity index is 1.59. The third-order valence-electron chi connectivity index (χ3n) is 4.87. The lowest BCUT2D eigenvalue weighted by Crippen LogP contribution is -2.27. The fourth-order valence-electron chi connectivity index (χ4n) is 3.29. The molecule has 0 atom stereocenters. The first-order chi connectivity index (χ1) is 16.0. The number of imide groups is 1. The smallest absolute Gasteiger partial charge is 0.298 e. The molecule has 4 rings (SSSR count). The van der Waals surface area contributed by atoms with Crippen molar-refractivity contribution < 1.29 is 19.1 Å². The quantitative estimate of drug-likeness (QED) is 0.403. The maximum atomic E-state index is 12.8. The fourth-order valence-corrected chi connectivity index (χ4v) is 4.40. The number of ether oxygens (including phenoxy) is 2. The Morgan fingerprint density at radius 1 is 1.09 bits per heavy atom. The highest BCUT2D eigenvalue weighted by molar-refractivity contribution is 8.19. The molecule has 1 aliphatic heterocycles. The summed E-state index contributed by atoms with van der Waals surface area (Å²) < 4.78 is 11.3. The van der Waals surface area contributed by atoms with Crippen molar-refractivity contribution in [2.24, 2.45) is 0 Å². The number of nitriles is 1. The Bertz CT molecular complexity index is 1300. The summed E-state index contributed by atoms with van der Waals surface area (Å²) in [6.45, 7) is 0.134. The van der Waals surface area contributed by atoms with E-state index >= 15 is 0 Å². The third-order valence-corrected chi connectivity index (χ3v) is 6.02. The van der Waals surface area contributed by atoms with Gasteiger partial charge in [0, 0.05) is 5.56 Å². The highest BCUT2D eigenvalue weighted by Gasteiger charge is 2.36. The van der Waals surface area contributed by atoms with Crippen LogP contribution in [0.4, 0.5) is 10.5 Å². The van der Waals surface area contributed by atoms with Gasteiger partial charge in [-0.3, -0.25) is 9.59 Å². The van der Waals surface area contributed by atoms with Crippen LogP contribution in [0.2, 0.25) is 5.02 Å². The van der Waals surface area contributed by atoms with Crippen molar-refractivity contribution in [3.63, 3.8) is 0 Å². The van der Waals surface area contributed by atoms with Gasteiger partial charge in [-0.15, -0.1) is 0 Å². The number of hydrogen-bond acceptors (Lipinski definition) is 6. The summed E-state index contributed by atoms with van der Waals surface area (Å²) in [5.41, 5.74) is 2.33. The molecule has 164 valence electrons. The van der Waals surface area contributed by atoms with Gasteiger partial charge in [-0.25, -0.2) is 4.90 Å². The van der Waals surface area contributed by atoms with E-state index in [0.717, 1.165) is 22.2 Å². The average molecular weight is 477 g/mol. The molecule has 0 saturated carbocycles. The van der Waals surface area contributed by atoms with Gasteiger partial charge in [0.15, 0.2) is 11.5 Å². The van der Waals surface area contributed by atoms with E-state index < -0.39 is 5.91 Å². The number of methoxy groups -OCH3 is 1. The monoisotopic (exact) mass is 476 g/mol. The molecule has 1 fully saturated rings. The second-order valence-corrected chi connectivity index (χ2v) is 8.34. The molecule has 3 aromatic rings. The zero-order valence-corrected chi connectivity index (χ0v) is 19.0. The number of carbonyl (C=O) groups is 2. The van der Waals surface area contributed by atoms with Crippen molar-refractivity contribution in [2.45, 2.75) is 6.61 Å². The molecule has 8 heteroatoms. The average Bonchev–Trinajstić information content (AvgIpc) is 3.11. The topological polar surface area (TPSA) is 79.6 Å². The SMILES string of the molecule is COc1cc(/C=C2\SC(=O)N(c3ccccc3)C2=O)cc(Cl)c1OCc1ccccc1C#N. The van der Waals surface area contributed by atoms with Crippen LogP contribution in [0, 0.1) is 11.3 Å². The molecule has 0 unspecified atom stereocenters. The van der Waals surface area contributed by atoms with Crippen molar-refractivity contribution >= 4 is 46.3 Å². The number of anilines is 1. The van der Waals surface area contributed by atoms with Crippen LogP contribution >= 0.6 is 23.4 Å². The predicted molar refractivity (Wildman–Crippen MR) is 128 cm³/mol. The molecule has 3 aromatic carbocycles. The molecule has 0 aliphatic carbocycles. The maximum Gasteiger partial charge on any atom is 0.298 e. The summed E-state index contributed by atoms with van der Waals surface area (Å²) in [5.74, 6) is 0.284. The minimum absolute atomic E-state index is 0.134. The van der Waals surface area contributed by atoms with Crippen molar-refractivity contribution in [3.8, 4) is 17.6 Å². The zero-order valence-electron chi connectivity index (χ0n) is 17.4. The largest absolute Gasteiger partial charge is 0.493 e. The molecule has 0 N–H and O–H groups in total. The Morgan fingerprint density at radius 3 is 2.55 bits per heavy atom. The maximum absolute atomic E-state index is 12.8. The van der Waals surface area contributed by atoms with Crippen molar-refractivity contribution in [3.05, 3.63) is 93.3 Å². The number of benzene rings is 3. The second kappa shape index (κ2) is 9.82. The van der Waals surface area contributed by atoms with E-state index in [2.05, 4.69) is 6.07 Å². The minimum Gasteiger partial charge on any atom is -0.493 e. The highest BCUT2D eigenvalue weighted by Crippen LogP contribution is 2.40. The summed E-state index contributed by atoms with van der Waals surface area (Å²) in [6.07, 6.45) is 1.59. The van der Waals surface area contributed by atoms with Crippen molar-refractivity contribution in [2.75, 3.05) is 12.0 Å². The lowest BCUT2D eigenvalue weighted by atomic mass is 10.1. The van der Waals surface area contributed by atoms with Gasteiger partial charge in [-0.2, -0.15) is 5.26 Å². The summed E-state index contributed by atoms with van der Waals surface area (Å²) in [7, 11) is 1.48. The summed E-state index contributed by atoms with van der Waals surface area (Å²) in [4.78, 5) is 26.7. The summed E-state index contributed by atoms with van der Waals surface area (Å²) >= 11 is 7.32. The van der Waals surface area contributed by atoms with Crippen LogP contribution in [0.15, 0.2) is 71.6 Å². The van der Waals surface area contributed by atoms with E-state index in [-0.39, 0.29) is 21.8 Å². The standard InChI is InChI=1S/C25H17ClN2O4S/c1-31-21-12-16(11-20(26)23(21)32-15-18-8-6-5-7-17(18)14-27)13-22-24(29)28(25(30)33-22)19-9-3-2-4-10-19/h2-13H,15H2,1H3/b22-13-. The number of para-hydroxylation sites is 1. The molecule has 6 nitrogen and oxygen atoms in total. The van der Waals surface area contributed by atoms with Crippen LogP contribution in [0.1, 0.15) is 16.7 Å². The number of halogens is 1. The molecule has 0 aromatic heterocycles. The Morgan fingerprint density at radius 2 is 1.82 bits per heavy atom. The molecule has 0 spiro atoms. The van der Waals surface area contributed by atoms with Crippen LogP contribution in [-0.2, 0) is 11.4 Å². The van der Waals surface area contributed by atoms with Crippen LogP contribution in [0.3, 0.4) is 0 Å². The van der Waals surface area contributed by atoms with E-state index in [1.165, 1.54) is 7.11 Å². The van der Waals surface area contributed by atoms with Crippen LogP contribution < -0.4 is 14.4 Å². The van der Waals surface area contributed by atoms with Gasteiger partial charge in [0.1, 0.15) is 6.61 Å². The molecule has 0 radical (unpaired) electrons. The molecule has 0 bridgehead atoms. The predicted octanol–water partition coefficient (Wildman–Crippen LogP) is 6.04. The van der Waals surface area contributed by atoms with Gasteiger partial charge in [-0.1, -0.05) is 48.0 Å². The molecule has 1 saturated heterocycles. The first-order valence-corrected chi connectivity index (χ1v) is 11.0. The highest BCUT2D eigenvalue weighted by atomic mass is 35.5. The molecule has 1 aliphatic rings. The van der Waals surface area contributed by atoms with Gasteiger partial charge >= 0.3 is 0 Å². The summed E-state index contributed by atoms with van der Waals surface area (Å²) in [5, 5.41) is 9.16. The number of carbonyl (C=O) groups excluding carboxylic acids is 2. The lowest BCUT2D eigenvalue weighted by molar-refractivity contribution is -0.113. The van der Waals surface area contributed by atoms with Gasteiger partial charge in [0.25, 0.3) is 11.1 Å². The first-order valence-electron chi connectivity index (χ1n) is 9.83. The molecular formula is C25H17ClN2O4S. The first kappa shape index (κ1) is 22.5. The van der Waals surface area contributed by atoms with Crippen LogP contribution in [-0.4, -0.2) is 18.3 Å². The molecular weight excluding hydrogens is 460 g/mol. The molecule has 33 heavy (non-hydrogen) atoms. The lowest BCUT2D eigenvalue weighted by Gasteiger charge is -2.14. The van der Waals surface area contributed by atoms with Gasteiger partial charge in [0.05, 0.1) is 34.4 Å². The second-order valence-electron chi connectivity index (χ2n) is 6.94. The van der Waals surface area contributed by atoms with E-state index in [0.29, 0.717) is 28.3 Å². The third kappa shape index (κ3) is 4.72. The van der Waals surface area contributed by atoms with E-state index in [1.54, 1.807) is 60.7 Å². The van der Waals surface area contributed by atoms with E-state index in [4.69, 9.17) is 21.1 Å². The number of hydrogen-bond donors (Lipinski definition) is 0. The molecule has 2 amide bonds. The summed E-state index contributed by atoms with van der Waals surface area (Å²) in [6, 6.07) is 21.3. The van der Waals surface area contributed by atoms with Crippen LogP contribution in [0.5, 0.6) is 11.5 Å². The van der Waals surface area contributed by atoms with Crippen LogP contribution in [0.25, 0.3) is 6.08 Å². The van der Waals surface area contributed by atoms with Gasteiger partial charge < -0.3 is 9.47 Å². The van der Waals surface area contributed by atoms with Crippen molar-refractivity contribution in [1.29, 1.82) is 5.26 Å². The van der Waals surface area contributed by atoms with Gasteiger partial charge in [-0.05, 0) is 53.7 Å². The van der Waals surface area contributed by atoms with E-state index in [9.17, 15) is 14.9 Å². The molecule has 1 heterocycles. The normalized spacial score (nSPS) is 14.5. The van der Waals surface area contributed by atoms with E-state index in [1.807, 2.05) is 12.1 Å². The Hall–Kier alpha value is -3.73. The number of thioether (sulfide) groups is 1. The Labute approximate surface area is 200 Å². The number of rotatable bonds is 6.